The van der Waals surface area contributed by atoms with Gasteiger partial charge in [-0.15, -0.1) is 0 Å². The molecule has 0 unspecified atom stereocenters. The SMILES string of the molecule is Cc1cc(C(=O)Nc2ccc(F)c(F)c2F)nc(NC(C)C)n1. The Kier molecular flexibility index (Phi) is 4.83. The number of hydrogen-bond acceptors (Lipinski definition) is 4. The summed E-state index contributed by atoms with van der Waals surface area (Å²) in [5.41, 5.74) is 0.0346. The van der Waals surface area contributed by atoms with Crippen molar-refractivity contribution in [2.24, 2.45) is 0 Å². The zero-order valence-electron chi connectivity index (χ0n) is 12.7. The Morgan fingerprint density at radius 2 is 1.83 bits per heavy atom. The number of nitrogens with one attached hydrogen (secondary N) is 2. The van der Waals surface area contributed by atoms with Crippen LogP contribution in [-0.4, -0.2) is 21.9 Å². The molecule has 0 fully saturated rings. The summed E-state index contributed by atoms with van der Waals surface area (Å²) in [6.07, 6.45) is 0. The Hall–Kier alpha value is -2.64. The summed E-state index contributed by atoms with van der Waals surface area (Å²) in [6.45, 7) is 5.42. The van der Waals surface area contributed by atoms with Gasteiger partial charge >= 0.3 is 0 Å². The van der Waals surface area contributed by atoms with E-state index in [9.17, 15) is 18.0 Å². The molecule has 8 heteroatoms. The summed E-state index contributed by atoms with van der Waals surface area (Å²) in [5.74, 6) is -4.96. The van der Waals surface area contributed by atoms with Crippen molar-refractivity contribution >= 4 is 17.5 Å². The maximum atomic E-state index is 13.6. The second-order valence-electron chi connectivity index (χ2n) is 5.19. The van der Waals surface area contributed by atoms with E-state index in [1.54, 1.807) is 6.92 Å². The number of anilines is 2. The van der Waals surface area contributed by atoms with Gasteiger partial charge in [0.2, 0.25) is 5.95 Å². The Bertz CT molecular complexity index is 750. The van der Waals surface area contributed by atoms with Gasteiger partial charge in [0.05, 0.1) is 5.69 Å². The highest BCUT2D eigenvalue weighted by atomic mass is 19.2. The van der Waals surface area contributed by atoms with Gasteiger partial charge in [0.1, 0.15) is 5.69 Å². The van der Waals surface area contributed by atoms with Crippen LogP contribution < -0.4 is 10.6 Å². The lowest BCUT2D eigenvalue weighted by molar-refractivity contribution is 0.102. The van der Waals surface area contributed by atoms with E-state index in [0.717, 1.165) is 12.1 Å². The molecule has 0 aliphatic carbocycles. The molecule has 2 N–H and O–H groups in total. The fourth-order valence-corrected chi connectivity index (χ4v) is 1.82. The molecule has 0 atom stereocenters. The van der Waals surface area contributed by atoms with E-state index in [4.69, 9.17) is 0 Å². The van der Waals surface area contributed by atoms with Crippen molar-refractivity contribution in [3.8, 4) is 0 Å². The molecular weight excluding hydrogens is 309 g/mol. The average Bonchev–Trinajstić information content (AvgIpc) is 2.46. The summed E-state index contributed by atoms with van der Waals surface area (Å²) in [4.78, 5) is 20.3. The van der Waals surface area contributed by atoms with E-state index in [0.29, 0.717) is 5.69 Å². The van der Waals surface area contributed by atoms with Crippen LogP contribution in [0.2, 0.25) is 0 Å². The number of aromatic nitrogens is 2. The monoisotopic (exact) mass is 324 g/mol. The first kappa shape index (κ1) is 16.7. The van der Waals surface area contributed by atoms with E-state index < -0.39 is 29.0 Å². The molecule has 0 radical (unpaired) electrons. The first-order valence-corrected chi connectivity index (χ1v) is 6.85. The van der Waals surface area contributed by atoms with Crippen LogP contribution in [0.1, 0.15) is 30.0 Å². The number of carbonyl (C=O) groups is 1. The molecule has 0 saturated carbocycles. The molecule has 23 heavy (non-hydrogen) atoms. The molecule has 1 heterocycles. The fraction of sp³-hybridized carbons (Fsp3) is 0.267. The number of hydrogen-bond donors (Lipinski definition) is 2. The molecule has 1 aromatic heterocycles. The summed E-state index contributed by atoms with van der Waals surface area (Å²) in [7, 11) is 0. The number of benzene rings is 1. The Morgan fingerprint density at radius 1 is 1.13 bits per heavy atom. The van der Waals surface area contributed by atoms with Crippen LogP contribution in [0.4, 0.5) is 24.8 Å². The van der Waals surface area contributed by atoms with E-state index in [2.05, 4.69) is 20.6 Å². The van der Waals surface area contributed by atoms with Gasteiger partial charge in [-0.25, -0.2) is 23.1 Å². The van der Waals surface area contributed by atoms with E-state index in [-0.39, 0.29) is 17.7 Å². The van der Waals surface area contributed by atoms with Gasteiger partial charge in [0.25, 0.3) is 5.91 Å². The van der Waals surface area contributed by atoms with Crippen molar-refractivity contribution in [2.45, 2.75) is 26.8 Å². The molecule has 0 aliphatic rings. The predicted molar refractivity (Wildman–Crippen MR) is 79.8 cm³/mol. The van der Waals surface area contributed by atoms with Gasteiger partial charge in [-0.1, -0.05) is 0 Å². The maximum Gasteiger partial charge on any atom is 0.274 e. The van der Waals surface area contributed by atoms with Gasteiger partial charge in [0, 0.05) is 11.7 Å². The lowest BCUT2D eigenvalue weighted by Gasteiger charge is -2.11. The molecule has 1 amide bonds. The van der Waals surface area contributed by atoms with Gasteiger partial charge in [-0.2, -0.15) is 0 Å². The standard InChI is InChI=1S/C15H15F3N4O/c1-7(2)19-15-20-8(3)6-11(22-15)14(23)21-10-5-4-9(16)12(17)13(10)18/h4-7H,1-3H3,(H,21,23)(H,19,20,22). The van der Waals surface area contributed by atoms with Crippen LogP contribution in [0, 0.1) is 24.4 Å². The number of aryl methyl sites for hydroxylation is 1. The Morgan fingerprint density at radius 3 is 2.48 bits per heavy atom. The van der Waals surface area contributed by atoms with Crippen LogP contribution in [0.15, 0.2) is 18.2 Å². The van der Waals surface area contributed by atoms with Crippen LogP contribution in [0.5, 0.6) is 0 Å². The fourth-order valence-electron chi connectivity index (χ4n) is 1.82. The summed E-state index contributed by atoms with van der Waals surface area (Å²) in [6, 6.07) is 3.12. The quantitative estimate of drug-likeness (QED) is 0.847. The third-order valence-electron chi connectivity index (χ3n) is 2.79. The van der Waals surface area contributed by atoms with Crippen molar-refractivity contribution in [2.75, 3.05) is 10.6 Å². The molecule has 2 aromatic rings. The average molecular weight is 324 g/mol. The minimum Gasteiger partial charge on any atom is -0.352 e. The second-order valence-corrected chi connectivity index (χ2v) is 5.19. The molecule has 1 aromatic carbocycles. The van der Waals surface area contributed by atoms with Gasteiger partial charge < -0.3 is 10.6 Å². The zero-order valence-corrected chi connectivity index (χ0v) is 12.7. The Labute approximate surface area is 131 Å². The third kappa shape index (κ3) is 3.97. The van der Waals surface area contributed by atoms with Crippen molar-refractivity contribution < 1.29 is 18.0 Å². The normalized spacial score (nSPS) is 10.7. The number of carbonyl (C=O) groups excluding carboxylic acids is 1. The van der Waals surface area contributed by atoms with Crippen molar-refractivity contribution in [1.29, 1.82) is 0 Å². The number of halogens is 3. The number of nitrogens with zero attached hydrogens (tertiary/aromatic N) is 2. The number of amides is 1. The van der Waals surface area contributed by atoms with Crippen molar-refractivity contribution in [1.82, 2.24) is 9.97 Å². The molecule has 0 saturated heterocycles. The molecular formula is C15H15F3N4O. The summed E-state index contributed by atoms with van der Waals surface area (Å²) >= 11 is 0. The first-order chi connectivity index (χ1) is 10.8. The molecule has 5 nitrogen and oxygen atoms in total. The highest BCUT2D eigenvalue weighted by Crippen LogP contribution is 2.20. The lowest BCUT2D eigenvalue weighted by atomic mass is 10.2. The van der Waals surface area contributed by atoms with Crippen LogP contribution in [0.3, 0.4) is 0 Å². The van der Waals surface area contributed by atoms with Crippen LogP contribution in [-0.2, 0) is 0 Å². The van der Waals surface area contributed by atoms with Gasteiger partial charge in [-0.05, 0) is 39.0 Å². The summed E-state index contributed by atoms with van der Waals surface area (Å²) in [5, 5.41) is 5.11. The third-order valence-corrected chi connectivity index (χ3v) is 2.79. The minimum atomic E-state index is -1.65. The minimum absolute atomic E-state index is 0.0233. The van der Waals surface area contributed by atoms with Gasteiger partial charge in [0.15, 0.2) is 17.5 Å². The topological polar surface area (TPSA) is 66.9 Å². The molecule has 0 bridgehead atoms. The van der Waals surface area contributed by atoms with Crippen LogP contribution in [0.25, 0.3) is 0 Å². The lowest BCUT2D eigenvalue weighted by Crippen LogP contribution is -2.19. The predicted octanol–water partition coefficient (Wildman–Crippen LogP) is 3.27. The highest BCUT2D eigenvalue weighted by Gasteiger charge is 2.17. The Balaban J connectivity index is 2.27. The summed E-state index contributed by atoms with van der Waals surface area (Å²) < 4.78 is 39.7. The number of rotatable bonds is 4. The second kappa shape index (κ2) is 6.64. The molecule has 2 rings (SSSR count). The highest BCUT2D eigenvalue weighted by molar-refractivity contribution is 6.03. The van der Waals surface area contributed by atoms with Crippen molar-refractivity contribution in [3.63, 3.8) is 0 Å². The molecule has 0 spiro atoms. The maximum absolute atomic E-state index is 13.6. The van der Waals surface area contributed by atoms with Crippen LogP contribution >= 0.6 is 0 Å². The largest absolute Gasteiger partial charge is 0.352 e. The molecule has 122 valence electrons. The smallest absolute Gasteiger partial charge is 0.274 e. The van der Waals surface area contributed by atoms with E-state index in [1.807, 2.05) is 13.8 Å². The van der Waals surface area contributed by atoms with E-state index >= 15 is 0 Å². The first-order valence-electron chi connectivity index (χ1n) is 6.85. The van der Waals surface area contributed by atoms with Crippen molar-refractivity contribution in [3.05, 3.63) is 47.0 Å². The van der Waals surface area contributed by atoms with E-state index in [1.165, 1.54) is 6.07 Å². The zero-order chi connectivity index (χ0) is 17.1. The van der Waals surface area contributed by atoms with Gasteiger partial charge in [-0.3, -0.25) is 4.79 Å². The molecule has 0 aliphatic heterocycles.